The van der Waals surface area contributed by atoms with Crippen LogP contribution in [0.1, 0.15) is 34.0 Å². The summed E-state index contributed by atoms with van der Waals surface area (Å²) in [5.74, 6) is -0.363. The van der Waals surface area contributed by atoms with Crippen LogP contribution in [0.3, 0.4) is 0 Å². The number of nitrogens with one attached hydrogen (secondary N) is 1. The van der Waals surface area contributed by atoms with Crippen molar-refractivity contribution in [1.82, 2.24) is 4.98 Å². The Morgan fingerprint density at radius 3 is 2.32 bits per heavy atom. The largest absolute Gasteiger partial charge is 0.364 e. The van der Waals surface area contributed by atoms with Gasteiger partial charge >= 0.3 is 0 Å². The van der Waals surface area contributed by atoms with Gasteiger partial charge in [0.2, 0.25) is 0 Å². The molecule has 0 aliphatic rings. The van der Waals surface area contributed by atoms with Crippen molar-refractivity contribution >= 4 is 5.78 Å². The van der Waals surface area contributed by atoms with Gasteiger partial charge in [-0.25, -0.2) is 4.39 Å². The van der Waals surface area contributed by atoms with Crippen LogP contribution in [0.4, 0.5) is 4.39 Å². The van der Waals surface area contributed by atoms with Gasteiger partial charge in [0.15, 0.2) is 5.78 Å². The molecular formula is C19H16FNO. The second-order valence-electron chi connectivity index (χ2n) is 5.22. The maximum absolute atomic E-state index is 13.0. The first-order chi connectivity index (χ1) is 10.7. The van der Waals surface area contributed by atoms with Crippen molar-refractivity contribution in [3.8, 4) is 0 Å². The van der Waals surface area contributed by atoms with Gasteiger partial charge in [-0.3, -0.25) is 4.79 Å². The number of hydrogen-bond donors (Lipinski definition) is 1. The van der Waals surface area contributed by atoms with E-state index in [0.717, 1.165) is 11.3 Å². The lowest BCUT2D eigenvalue weighted by molar-refractivity contribution is 0.0977. The number of carbonyl (C=O) groups excluding carboxylic acids is 1. The minimum atomic E-state index is -0.333. The third kappa shape index (κ3) is 3.14. The Labute approximate surface area is 128 Å². The molecule has 2 aromatic carbocycles. The van der Waals surface area contributed by atoms with Crippen LogP contribution < -0.4 is 0 Å². The SMILES string of the molecule is O=C(CC(c1ccccc1)c1ccc[nH]1)c1ccc(F)cc1. The molecule has 1 heterocycles. The zero-order valence-corrected chi connectivity index (χ0v) is 12.0. The molecule has 3 aromatic rings. The predicted molar refractivity (Wildman–Crippen MR) is 84.4 cm³/mol. The van der Waals surface area contributed by atoms with Crippen molar-refractivity contribution in [2.45, 2.75) is 12.3 Å². The van der Waals surface area contributed by atoms with E-state index >= 15 is 0 Å². The standard InChI is InChI=1S/C19H16FNO/c20-16-10-8-15(9-11-16)19(22)13-17(18-7-4-12-21-18)14-5-2-1-3-6-14/h1-12,17,21H,13H2. The zero-order valence-electron chi connectivity index (χ0n) is 12.0. The molecule has 0 aliphatic heterocycles. The topological polar surface area (TPSA) is 32.9 Å². The van der Waals surface area contributed by atoms with Gasteiger partial charge in [-0.15, -0.1) is 0 Å². The summed E-state index contributed by atoms with van der Waals surface area (Å²) in [7, 11) is 0. The summed E-state index contributed by atoms with van der Waals surface area (Å²) in [6, 6.07) is 19.5. The molecule has 22 heavy (non-hydrogen) atoms. The van der Waals surface area contributed by atoms with Crippen LogP contribution >= 0.6 is 0 Å². The average molecular weight is 293 g/mol. The summed E-state index contributed by atoms with van der Waals surface area (Å²) in [4.78, 5) is 15.7. The van der Waals surface area contributed by atoms with Crippen LogP contribution in [-0.2, 0) is 0 Å². The number of hydrogen-bond acceptors (Lipinski definition) is 1. The fraction of sp³-hybridized carbons (Fsp3) is 0.105. The Bertz CT molecular complexity index is 733. The molecule has 0 radical (unpaired) electrons. The summed E-state index contributed by atoms with van der Waals surface area (Å²) in [6.07, 6.45) is 2.20. The van der Waals surface area contributed by atoms with Crippen LogP contribution in [0.15, 0.2) is 72.9 Å². The number of carbonyl (C=O) groups is 1. The lowest BCUT2D eigenvalue weighted by Crippen LogP contribution is -2.09. The van der Waals surface area contributed by atoms with Gasteiger partial charge in [-0.1, -0.05) is 30.3 Å². The van der Waals surface area contributed by atoms with Crippen LogP contribution in [0.25, 0.3) is 0 Å². The van der Waals surface area contributed by atoms with E-state index in [1.54, 1.807) is 0 Å². The fourth-order valence-corrected chi connectivity index (χ4v) is 2.59. The summed E-state index contributed by atoms with van der Waals surface area (Å²) in [5, 5.41) is 0. The number of H-pyrrole nitrogens is 1. The first-order valence-electron chi connectivity index (χ1n) is 7.21. The van der Waals surface area contributed by atoms with Crippen molar-refractivity contribution < 1.29 is 9.18 Å². The number of benzene rings is 2. The number of halogens is 1. The molecule has 1 aromatic heterocycles. The molecule has 1 N–H and O–H groups in total. The van der Waals surface area contributed by atoms with E-state index < -0.39 is 0 Å². The lowest BCUT2D eigenvalue weighted by Gasteiger charge is -2.15. The van der Waals surface area contributed by atoms with E-state index in [2.05, 4.69) is 4.98 Å². The fourth-order valence-electron chi connectivity index (χ4n) is 2.59. The molecule has 2 nitrogen and oxygen atoms in total. The van der Waals surface area contributed by atoms with Crippen molar-refractivity contribution in [2.75, 3.05) is 0 Å². The van der Waals surface area contributed by atoms with E-state index in [1.165, 1.54) is 24.3 Å². The van der Waals surface area contributed by atoms with Gasteiger partial charge in [0, 0.05) is 29.8 Å². The van der Waals surface area contributed by atoms with Gasteiger partial charge in [0.25, 0.3) is 0 Å². The lowest BCUT2D eigenvalue weighted by atomic mass is 9.89. The molecule has 3 rings (SSSR count). The maximum atomic E-state index is 13.0. The molecule has 110 valence electrons. The monoisotopic (exact) mass is 293 g/mol. The highest BCUT2D eigenvalue weighted by atomic mass is 19.1. The Hall–Kier alpha value is -2.68. The Kier molecular flexibility index (Phi) is 4.15. The zero-order chi connectivity index (χ0) is 15.4. The molecule has 0 spiro atoms. The van der Waals surface area contributed by atoms with Crippen LogP contribution in [0.5, 0.6) is 0 Å². The van der Waals surface area contributed by atoms with Crippen molar-refractivity contribution in [3.63, 3.8) is 0 Å². The van der Waals surface area contributed by atoms with E-state index in [1.807, 2.05) is 48.7 Å². The molecule has 0 saturated heterocycles. The van der Waals surface area contributed by atoms with Gasteiger partial charge in [0.05, 0.1) is 0 Å². The minimum absolute atomic E-state index is 0.00320. The van der Waals surface area contributed by atoms with Crippen LogP contribution in [-0.4, -0.2) is 10.8 Å². The van der Waals surface area contributed by atoms with Gasteiger partial charge in [-0.05, 0) is 42.0 Å². The smallest absolute Gasteiger partial charge is 0.163 e. The Morgan fingerprint density at radius 2 is 1.68 bits per heavy atom. The number of rotatable bonds is 5. The number of aromatic nitrogens is 1. The highest BCUT2D eigenvalue weighted by Crippen LogP contribution is 2.28. The van der Waals surface area contributed by atoms with Crippen LogP contribution in [0, 0.1) is 5.82 Å². The predicted octanol–water partition coefficient (Wildman–Crippen LogP) is 4.56. The molecule has 1 atom stereocenters. The number of ketones is 1. The quantitative estimate of drug-likeness (QED) is 0.687. The van der Waals surface area contributed by atoms with Gasteiger partial charge in [0.1, 0.15) is 5.82 Å². The molecule has 0 saturated carbocycles. The Morgan fingerprint density at radius 1 is 0.955 bits per heavy atom. The first-order valence-corrected chi connectivity index (χ1v) is 7.21. The van der Waals surface area contributed by atoms with E-state index in [-0.39, 0.29) is 17.5 Å². The first kappa shape index (κ1) is 14.3. The normalized spacial score (nSPS) is 12.0. The third-order valence-corrected chi connectivity index (χ3v) is 3.76. The molecule has 0 bridgehead atoms. The maximum Gasteiger partial charge on any atom is 0.163 e. The van der Waals surface area contributed by atoms with E-state index in [4.69, 9.17) is 0 Å². The molecule has 3 heteroatoms. The summed E-state index contributed by atoms with van der Waals surface area (Å²) < 4.78 is 13.0. The molecular weight excluding hydrogens is 277 g/mol. The Balaban J connectivity index is 1.87. The second kappa shape index (κ2) is 6.39. The van der Waals surface area contributed by atoms with Crippen molar-refractivity contribution in [3.05, 3.63) is 95.6 Å². The number of aromatic amines is 1. The second-order valence-corrected chi connectivity index (χ2v) is 5.22. The molecule has 0 aliphatic carbocycles. The highest BCUT2D eigenvalue weighted by molar-refractivity contribution is 5.96. The van der Waals surface area contributed by atoms with Gasteiger partial charge in [-0.2, -0.15) is 0 Å². The minimum Gasteiger partial charge on any atom is -0.364 e. The van der Waals surface area contributed by atoms with Crippen molar-refractivity contribution in [2.24, 2.45) is 0 Å². The summed E-state index contributed by atoms with van der Waals surface area (Å²) >= 11 is 0. The van der Waals surface area contributed by atoms with E-state index in [0.29, 0.717) is 12.0 Å². The molecule has 0 amide bonds. The van der Waals surface area contributed by atoms with Crippen LogP contribution in [0.2, 0.25) is 0 Å². The molecule has 1 unspecified atom stereocenters. The summed E-state index contributed by atoms with van der Waals surface area (Å²) in [6.45, 7) is 0. The average Bonchev–Trinajstić information content (AvgIpc) is 3.08. The van der Waals surface area contributed by atoms with E-state index in [9.17, 15) is 9.18 Å². The highest BCUT2D eigenvalue weighted by Gasteiger charge is 2.19. The van der Waals surface area contributed by atoms with Gasteiger partial charge < -0.3 is 4.98 Å². The van der Waals surface area contributed by atoms with Crippen molar-refractivity contribution in [1.29, 1.82) is 0 Å². The summed E-state index contributed by atoms with van der Waals surface area (Å²) in [5.41, 5.74) is 2.62. The third-order valence-electron chi connectivity index (χ3n) is 3.76. The number of Topliss-reactive ketones (excluding diaryl/α,β-unsaturated/α-hetero) is 1. The molecule has 0 fully saturated rings.